The summed E-state index contributed by atoms with van der Waals surface area (Å²) in [5.41, 5.74) is -0.827. The van der Waals surface area contributed by atoms with E-state index in [0.717, 1.165) is 19.3 Å². The number of carboxylic acids is 1. The van der Waals surface area contributed by atoms with Gasteiger partial charge in [-0.05, 0) is 33.1 Å². The molecule has 1 rings (SSSR count). The molecule has 0 aromatic carbocycles. The summed E-state index contributed by atoms with van der Waals surface area (Å²) in [5.74, 6) is -0.800. The monoisotopic (exact) mass is 183 g/mol. The quantitative estimate of drug-likeness (QED) is 0.653. The van der Waals surface area contributed by atoms with Gasteiger partial charge in [0.25, 0.3) is 0 Å². The average molecular weight is 183 g/mol. The van der Waals surface area contributed by atoms with Crippen LogP contribution in [-0.2, 0) is 4.79 Å². The third-order valence-corrected chi connectivity index (χ3v) is 2.34. The van der Waals surface area contributed by atoms with E-state index in [4.69, 9.17) is 5.11 Å². The number of hydrogen-bond donors (Lipinski definition) is 2. The molecule has 0 amide bonds. The van der Waals surface area contributed by atoms with Crippen molar-refractivity contribution in [1.29, 1.82) is 0 Å². The molecular weight excluding hydrogens is 166 g/mol. The van der Waals surface area contributed by atoms with E-state index in [1.165, 1.54) is 0 Å². The summed E-state index contributed by atoms with van der Waals surface area (Å²) in [4.78, 5) is 10.8. The molecule has 0 spiro atoms. The van der Waals surface area contributed by atoms with Gasteiger partial charge >= 0.3 is 5.97 Å². The summed E-state index contributed by atoms with van der Waals surface area (Å²) in [5, 5.41) is 12.0. The van der Waals surface area contributed by atoms with E-state index in [-0.39, 0.29) is 6.04 Å². The van der Waals surface area contributed by atoms with Gasteiger partial charge in [0, 0.05) is 6.04 Å². The Labute approximate surface area is 78.8 Å². The molecule has 0 aromatic rings. The highest BCUT2D eigenvalue weighted by Crippen LogP contribution is 2.14. The van der Waals surface area contributed by atoms with E-state index in [0.29, 0.717) is 0 Å². The van der Waals surface area contributed by atoms with Gasteiger partial charge in [-0.2, -0.15) is 0 Å². The Morgan fingerprint density at radius 2 is 2.31 bits per heavy atom. The molecule has 0 saturated heterocycles. The van der Waals surface area contributed by atoms with Crippen molar-refractivity contribution < 1.29 is 9.90 Å². The fraction of sp³-hybridized carbons (Fsp3) is 0.700. The lowest BCUT2D eigenvalue weighted by Crippen LogP contribution is -2.51. The molecule has 0 bridgehead atoms. The molecule has 0 radical (unpaired) electrons. The number of carboxylic acid groups (broad SMARTS) is 1. The van der Waals surface area contributed by atoms with E-state index in [2.05, 4.69) is 17.5 Å². The Morgan fingerprint density at radius 3 is 2.77 bits per heavy atom. The molecule has 74 valence electrons. The SMILES string of the molecule is CC(C)(NC1C=CCCC1)C(=O)O. The van der Waals surface area contributed by atoms with Gasteiger partial charge in [-0.1, -0.05) is 12.2 Å². The first-order valence-corrected chi connectivity index (χ1v) is 4.70. The molecule has 3 nitrogen and oxygen atoms in total. The fourth-order valence-electron chi connectivity index (χ4n) is 1.46. The van der Waals surface area contributed by atoms with Gasteiger partial charge in [-0.15, -0.1) is 0 Å². The van der Waals surface area contributed by atoms with Gasteiger partial charge in [0.15, 0.2) is 0 Å². The number of aliphatic carboxylic acids is 1. The number of allylic oxidation sites excluding steroid dienone is 1. The Bertz CT molecular complexity index is 221. The third kappa shape index (κ3) is 2.84. The third-order valence-electron chi connectivity index (χ3n) is 2.34. The standard InChI is InChI=1S/C10H17NO2/c1-10(2,9(12)13)11-8-6-4-3-5-7-8/h4,6,8,11H,3,5,7H2,1-2H3,(H,12,13). The minimum atomic E-state index is -0.827. The number of carbonyl (C=O) groups is 1. The van der Waals surface area contributed by atoms with Crippen LogP contribution in [0.1, 0.15) is 33.1 Å². The van der Waals surface area contributed by atoms with Gasteiger partial charge in [-0.25, -0.2) is 0 Å². The van der Waals surface area contributed by atoms with Crippen LogP contribution in [0.4, 0.5) is 0 Å². The maximum Gasteiger partial charge on any atom is 0.323 e. The first-order chi connectivity index (χ1) is 6.02. The lowest BCUT2D eigenvalue weighted by molar-refractivity contribution is -0.143. The molecule has 0 saturated carbocycles. The van der Waals surface area contributed by atoms with Crippen LogP contribution in [0.5, 0.6) is 0 Å². The maximum atomic E-state index is 10.8. The van der Waals surface area contributed by atoms with Crippen LogP contribution >= 0.6 is 0 Å². The van der Waals surface area contributed by atoms with Crippen LogP contribution in [-0.4, -0.2) is 22.7 Å². The molecule has 13 heavy (non-hydrogen) atoms. The van der Waals surface area contributed by atoms with E-state index >= 15 is 0 Å². The Hall–Kier alpha value is -0.830. The number of nitrogens with one attached hydrogen (secondary N) is 1. The van der Waals surface area contributed by atoms with Crippen molar-refractivity contribution in [1.82, 2.24) is 5.32 Å². The Kier molecular flexibility index (Phi) is 3.09. The zero-order valence-corrected chi connectivity index (χ0v) is 8.21. The van der Waals surface area contributed by atoms with Gasteiger partial charge in [0.1, 0.15) is 5.54 Å². The van der Waals surface area contributed by atoms with Crippen molar-refractivity contribution in [2.75, 3.05) is 0 Å². The van der Waals surface area contributed by atoms with Crippen molar-refractivity contribution >= 4 is 5.97 Å². The van der Waals surface area contributed by atoms with Gasteiger partial charge < -0.3 is 5.11 Å². The van der Waals surface area contributed by atoms with Crippen molar-refractivity contribution in [3.05, 3.63) is 12.2 Å². The van der Waals surface area contributed by atoms with Crippen molar-refractivity contribution in [3.63, 3.8) is 0 Å². The molecule has 0 aromatic heterocycles. The molecule has 1 aliphatic rings. The van der Waals surface area contributed by atoms with Crippen LogP contribution < -0.4 is 5.32 Å². The van der Waals surface area contributed by atoms with E-state index in [1.807, 2.05) is 0 Å². The van der Waals surface area contributed by atoms with Crippen molar-refractivity contribution in [3.8, 4) is 0 Å². The predicted octanol–water partition coefficient (Wildman–Crippen LogP) is 1.55. The number of rotatable bonds is 3. The van der Waals surface area contributed by atoms with Crippen LogP contribution in [0, 0.1) is 0 Å². The summed E-state index contributed by atoms with van der Waals surface area (Å²) in [6.45, 7) is 3.38. The van der Waals surface area contributed by atoms with Gasteiger partial charge in [0.05, 0.1) is 0 Å². The Balaban J connectivity index is 2.51. The van der Waals surface area contributed by atoms with Crippen LogP contribution in [0.15, 0.2) is 12.2 Å². The molecule has 1 aliphatic carbocycles. The van der Waals surface area contributed by atoms with E-state index < -0.39 is 11.5 Å². The lowest BCUT2D eigenvalue weighted by atomic mass is 9.98. The zero-order chi connectivity index (χ0) is 9.90. The topological polar surface area (TPSA) is 49.3 Å². The van der Waals surface area contributed by atoms with Crippen LogP contribution in [0.3, 0.4) is 0 Å². The molecule has 0 aliphatic heterocycles. The van der Waals surface area contributed by atoms with Gasteiger partial charge in [0.2, 0.25) is 0 Å². The number of hydrogen-bond acceptors (Lipinski definition) is 2. The maximum absolute atomic E-state index is 10.8. The lowest BCUT2D eigenvalue weighted by Gasteiger charge is -2.28. The van der Waals surface area contributed by atoms with Crippen molar-refractivity contribution in [2.45, 2.75) is 44.7 Å². The molecule has 0 heterocycles. The summed E-state index contributed by atoms with van der Waals surface area (Å²) in [7, 11) is 0. The zero-order valence-electron chi connectivity index (χ0n) is 8.21. The summed E-state index contributed by atoms with van der Waals surface area (Å²) in [6.07, 6.45) is 7.47. The minimum Gasteiger partial charge on any atom is -0.480 e. The highest BCUT2D eigenvalue weighted by molar-refractivity contribution is 5.77. The highest BCUT2D eigenvalue weighted by Gasteiger charge is 2.28. The predicted molar refractivity (Wildman–Crippen MR) is 51.6 cm³/mol. The van der Waals surface area contributed by atoms with E-state index in [1.54, 1.807) is 13.8 Å². The summed E-state index contributed by atoms with van der Waals surface area (Å²) < 4.78 is 0. The smallest absolute Gasteiger partial charge is 0.323 e. The highest BCUT2D eigenvalue weighted by atomic mass is 16.4. The van der Waals surface area contributed by atoms with E-state index in [9.17, 15) is 4.79 Å². The average Bonchev–Trinajstić information content (AvgIpc) is 2.05. The fourth-order valence-corrected chi connectivity index (χ4v) is 1.46. The second kappa shape index (κ2) is 3.92. The van der Waals surface area contributed by atoms with Crippen LogP contribution in [0.2, 0.25) is 0 Å². The molecule has 0 fully saturated rings. The molecule has 3 heteroatoms. The second-order valence-corrected chi connectivity index (χ2v) is 4.04. The molecule has 2 N–H and O–H groups in total. The molecule has 1 atom stereocenters. The first kappa shape index (κ1) is 10.3. The van der Waals surface area contributed by atoms with Crippen molar-refractivity contribution in [2.24, 2.45) is 0 Å². The first-order valence-electron chi connectivity index (χ1n) is 4.70. The minimum absolute atomic E-state index is 0.222. The largest absolute Gasteiger partial charge is 0.480 e. The van der Waals surface area contributed by atoms with Crippen LogP contribution in [0.25, 0.3) is 0 Å². The Morgan fingerprint density at radius 1 is 1.62 bits per heavy atom. The van der Waals surface area contributed by atoms with Gasteiger partial charge in [-0.3, -0.25) is 10.1 Å². The molecule has 1 unspecified atom stereocenters. The summed E-state index contributed by atoms with van der Waals surface area (Å²) in [6, 6.07) is 0.222. The second-order valence-electron chi connectivity index (χ2n) is 4.04. The normalized spacial score (nSPS) is 23.1. The molecular formula is C10H17NO2. The summed E-state index contributed by atoms with van der Waals surface area (Å²) >= 11 is 0.